The SMILES string of the molecule is O=C(Nc1ccc(NCc2ccccc2F)nc1)C1CCC1. The van der Waals surface area contributed by atoms with Gasteiger partial charge >= 0.3 is 0 Å². The standard InChI is InChI=1S/C17H18FN3O/c18-15-7-2-1-4-13(15)10-19-16-9-8-14(11-20-16)21-17(22)12-5-3-6-12/h1-2,4,7-9,11-12H,3,5-6,10H2,(H,19,20)(H,21,22). The molecule has 0 saturated heterocycles. The monoisotopic (exact) mass is 299 g/mol. The van der Waals surface area contributed by atoms with Gasteiger partial charge in [-0.2, -0.15) is 0 Å². The molecule has 1 aromatic heterocycles. The molecule has 1 saturated carbocycles. The Hall–Kier alpha value is -2.43. The fourth-order valence-corrected chi connectivity index (χ4v) is 2.31. The number of rotatable bonds is 5. The van der Waals surface area contributed by atoms with Crippen LogP contribution in [0.5, 0.6) is 0 Å². The summed E-state index contributed by atoms with van der Waals surface area (Å²) < 4.78 is 13.5. The maximum absolute atomic E-state index is 13.5. The van der Waals surface area contributed by atoms with Crippen LogP contribution in [0.25, 0.3) is 0 Å². The van der Waals surface area contributed by atoms with Crippen LogP contribution < -0.4 is 10.6 Å². The Kier molecular flexibility index (Phi) is 4.32. The lowest BCUT2D eigenvalue weighted by Gasteiger charge is -2.23. The first-order chi connectivity index (χ1) is 10.7. The molecule has 1 heterocycles. The molecule has 1 aliphatic rings. The van der Waals surface area contributed by atoms with Gasteiger partial charge in [0.15, 0.2) is 0 Å². The largest absolute Gasteiger partial charge is 0.366 e. The summed E-state index contributed by atoms with van der Waals surface area (Å²) in [6.07, 6.45) is 4.69. The van der Waals surface area contributed by atoms with Crippen molar-refractivity contribution < 1.29 is 9.18 Å². The van der Waals surface area contributed by atoms with E-state index in [-0.39, 0.29) is 17.6 Å². The molecule has 0 atom stereocenters. The zero-order valence-corrected chi connectivity index (χ0v) is 12.2. The third kappa shape index (κ3) is 3.42. The Labute approximate surface area is 128 Å². The number of halogens is 1. The Morgan fingerprint density at radius 1 is 1.23 bits per heavy atom. The fraction of sp³-hybridized carbons (Fsp3) is 0.294. The van der Waals surface area contributed by atoms with Crippen molar-refractivity contribution >= 4 is 17.4 Å². The first kappa shape index (κ1) is 14.5. The van der Waals surface area contributed by atoms with E-state index in [1.807, 2.05) is 0 Å². The van der Waals surface area contributed by atoms with E-state index in [9.17, 15) is 9.18 Å². The van der Waals surface area contributed by atoms with Crippen molar-refractivity contribution in [2.75, 3.05) is 10.6 Å². The average molecular weight is 299 g/mol. The molecule has 22 heavy (non-hydrogen) atoms. The number of anilines is 2. The number of nitrogens with one attached hydrogen (secondary N) is 2. The van der Waals surface area contributed by atoms with E-state index in [0.717, 1.165) is 19.3 Å². The van der Waals surface area contributed by atoms with Crippen LogP contribution in [0.15, 0.2) is 42.6 Å². The van der Waals surface area contributed by atoms with E-state index in [0.29, 0.717) is 23.6 Å². The summed E-state index contributed by atoms with van der Waals surface area (Å²) in [4.78, 5) is 16.1. The topological polar surface area (TPSA) is 54.0 Å². The van der Waals surface area contributed by atoms with Crippen LogP contribution in [0, 0.1) is 11.7 Å². The summed E-state index contributed by atoms with van der Waals surface area (Å²) >= 11 is 0. The van der Waals surface area contributed by atoms with Gasteiger partial charge in [-0.3, -0.25) is 4.79 Å². The molecule has 1 aliphatic carbocycles. The van der Waals surface area contributed by atoms with Gasteiger partial charge in [-0.1, -0.05) is 24.6 Å². The number of carbonyl (C=O) groups excluding carboxylic acids is 1. The second-order valence-electron chi connectivity index (χ2n) is 5.49. The number of benzene rings is 1. The van der Waals surface area contributed by atoms with Gasteiger partial charge in [-0.15, -0.1) is 0 Å². The number of hydrogen-bond donors (Lipinski definition) is 2. The van der Waals surface area contributed by atoms with Crippen molar-refractivity contribution in [3.63, 3.8) is 0 Å². The molecule has 2 N–H and O–H groups in total. The molecule has 1 fully saturated rings. The number of pyridine rings is 1. The summed E-state index contributed by atoms with van der Waals surface area (Å²) in [6, 6.07) is 10.2. The lowest BCUT2D eigenvalue weighted by Crippen LogP contribution is -2.28. The van der Waals surface area contributed by atoms with E-state index >= 15 is 0 Å². The molecule has 0 aliphatic heterocycles. The molecule has 1 aromatic carbocycles. The molecule has 1 amide bonds. The molecule has 2 aromatic rings. The molecule has 4 nitrogen and oxygen atoms in total. The van der Waals surface area contributed by atoms with Crippen LogP contribution in [-0.4, -0.2) is 10.9 Å². The maximum Gasteiger partial charge on any atom is 0.227 e. The molecular weight excluding hydrogens is 281 g/mol. The molecule has 114 valence electrons. The fourth-order valence-electron chi connectivity index (χ4n) is 2.31. The summed E-state index contributed by atoms with van der Waals surface area (Å²) in [5.74, 6) is 0.628. The van der Waals surface area contributed by atoms with E-state index in [2.05, 4.69) is 15.6 Å². The van der Waals surface area contributed by atoms with Gasteiger partial charge in [0.25, 0.3) is 0 Å². The summed E-state index contributed by atoms with van der Waals surface area (Å²) in [5.41, 5.74) is 1.28. The Morgan fingerprint density at radius 3 is 2.68 bits per heavy atom. The van der Waals surface area contributed by atoms with E-state index in [4.69, 9.17) is 0 Å². The number of hydrogen-bond acceptors (Lipinski definition) is 3. The number of nitrogens with zero attached hydrogens (tertiary/aromatic N) is 1. The van der Waals surface area contributed by atoms with Crippen LogP contribution in [0.3, 0.4) is 0 Å². The second kappa shape index (κ2) is 6.56. The van der Waals surface area contributed by atoms with Crippen molar-refractivity contribution in [3.8, 4) is 0 Å². The smallest absolute Gasteiger partial charge is 0.227 e. The highest BCUT2D eigenvalue weighted by Crippen LogP contribution is 2.27. The predicted molar refractivity (Wildman–Crippen MR) is 83.9 cm³/mol. The second-order valence-corrected chi connectivity index (χ2v) is 5.49. The van der Waals surface area contributed by atoms with Gasteiger partial charge < -0.3 is 10.6 Å². The van der Waals surface area contributed by atoms with Gasteiger partial charge in [0, 0.05) is 18.0 Å². The van der Waals surface area contributed by atoms with E-state index < -0.39 is 0 Å². The van der Waals surface area contributed by atoms with Crippen LogP contribution in [0.1, 0.15) is 24.8 Å². The highest BCUT2D eigenvalue weighted by Gasteiger charge is 2.25. The summed E-state index contributed by atoms with van der Waals surface area (Å²) in [5, 5.41) is 5.93. The number of aromatic nitrogens is 1. The zero-order valence-electron chi connectivity index (χ0n) is 12.2. The van der Waals surface area contributed by atoms with Gasteiger partial charge in [0.05, 0.1) is 11.9 Å². The van der Waals surface area contributed by atoms with Crippen LogP contribution in [-0.2, 0) is 11.3 Å². The minimum absolute atomic E-state index is 0.0696. The normalized spacial score (nSPS) is 14.2. The average Bonchev–Trinajstić information content (AvgIpc) is 2.46. The van der Waals surface area contributed by atoms with E-state index in [1.165, 1.54) is 6.07 Å². The lowest BCUT2D eigenvalue weighted by molar-refractivity contribution is -0.122. The third-order valence-electron chi connectivity index (χ3n) is 3.92. The zero-order chi connectivity index (χ0) is 15.4. The van der Waals surface area contributed by atoms with Crippen molar-refractivity contribution in [1.29, 1.82) is 0 Å². The number of amides is 1. The quantitative estimate of drug-likeness (QED) is 0.887. The third-order valence-corrected chi connectivity index (χ3v) is 3.92. The molecule has 0 unspecified atom stereocenters. The Bertz CT molecular complexity index is 653. The lowest BCUT2D eigenvalue weighted by atomic mass is 9.85. The molecule has 5 heteroatoms. The van der Waals surface area contributed by atoms with Gasteiger partial charge in [0.2, 0.25) is 5.91 Å². The van der Waals surface area contributed by atoms with Crippen LogP contribution >= 0.6 is 0 Å². The van der Waals surface area contributed by atoms with Crippen molar-refractivity contribution in [1.82, 2.24) is 4.98 Å². The van der Waals surface area contributed by atoms with Gasteiger partial charge in [-0.25, -0.2) is 9.37 Å². The van der Waals surface area contributed by atoms with Crippen LogP contribution in [0.2, 0.25) is 0 Å². The minimum Gasteiger partial charge on any atom is -0.366 e. The summed E-state index contributed by atoms with van der Waals surface area (Å²) in [6.45, 7) is 0.369. The molecule has 3 rings (SSSR count). The maximum atomic E-state index is 13.5. The number of carbonyl (C=O) groups is 1. The van der Waals surface area contributed by atoms with E-state index in [1.54, 1.807) is 36.5 Å². The highest BCUT2D eigenvalue weighted by atomic mass is 19.1. The van der Waals surface area contributed by atoms with Crippen molar-refractivity contribution in [2.24, 2.45) is 5.92 Å². The minimum atomic E-state index is -0.237. The first-order valence-electron chi connectivity index (χ1n) is 7.46. The van der Waals surface area contributed by atoms with Gasteiger partial charge in [0.1, 0.15) is 11.6 Å². The first-order valence-corrected chi connectivity index (χ1v) is 7.46. The Balaban J connectivity index is 1.55. The van der Waals surface area contributed by atoms with Gasteiger partial charge in [-0.05, 0) is 31.0 Å². The van der Waals surface area contributed by atoms with Crippen molar-refractivity contribution in [3.05, 3.63) is 54.0 Å². The summed E-state index contributed by atoms with van der Waals surface area (Å²) in [7, 11) is 0. The Morgan fingerprint density at radius 2 is 2.05 bits per heavy atom. The molecule has 0 spiro atoms. The predicted octanol–water partition coefficient (Wildman–Crippen LogP) is 3.57. The van der Waals surface area contributed by atoms with Crippen LogP contribution in [0.4, 0.5) is 15.9 Å². The highest BCUT2D eigenvalue weighted by molar-refractivity contribution is 5.92. The molecule has 0 radical (unpaired) electrons. The molecule has 0 bridgehead atoms. The van der Waals surface area contributed by atoms with Crippen molar-refractivity contribution in [2.45, 2.75) is 25.8 Å². The molecular formula is C17H18FN3O.